The van der Waals surface area contributed by atoms with Crippen LogP contribution in [0.4, 0.5) is 5.82 Å². The number of aromatic nitrogens is 6. The predicted molar refractivity (Wildman–Crippen MR) is 161 cm³/mol. The van der Waals surface area contributed by atoms with Crippen molar-refractivity contribution >= 4 is 33.0 Å². The Kier molecular flexibility index (Phi) is 13.2. The standard InChI is InChI=1S/C14H19N4O5P.C12H18N3O6P.2Y/c1-7-9-12(16-5-15-7)18(6-17-9)13-10-11(19)14(23-13,8(2)22-10)4-21-24(3)20;1-6-12(5-19-22(2)18)9(16)8(20-6)10(21-12)15-4-3-7(13)14-11(15)17;;/h5-6,8,10-11,13,19,24H,4H2,1-3H3;3-4,6,8-10,16,22H,5H2,1-2H3,(H2,13,14,17);;/t8?,10-,11+,13-,14+;6?,8-,9+,10-,12+;;/m11../s1. The fourth-order valence-electron chi connectivity index (χ4n) is 6.36. The van der Waals surface area contributed by atoms with Crippen molar-refractivity contribution in [1.82, 2.24) is 29.1 Å². The summed E-state index contributed by atoms with van der Waals surface area (Å²) in [6, 6.07) is 1.46. The molecule has 0 saturated carbocycles. The van der Waals surface area contributed by atoms with Crippen molar-refractivity contribution < 1.29 is 113 Å². The third kappa shape index (κ3) is 7.02. The number of aryl methyl sites for hydroxylation is 1. The molecular formula is C26H37N7O11P2Y2. The minimum Gasteiger partial charge on any atom is -0.387 e. The van der Waals surface area contributed by atoms with Gasteiger partial charge in [0.1, 0.15) is 53.3 Å². The Morgan fingerprint density at radius 1 is 0.917 bits per heavy atom. The van der Waals surface area contributed by atoms with E-state index in [0.717, 1.165) is 5.69 Å². The largest absolute Gasteiger partial charge is 0.387 e. The summed E-state index contributed by atoms with van der Waals surface area (Å²) >= 11 is 0. The first-order valence-electron chi connectivity index (χ1n) is 14.6. The minimum atomic E-state index is -2.19. The molecule has 0 amide bonds. The number of hydrogen-bond donors (Lipinski definition) is 3. The molecule has 0 spiro atoms. The number of nitrogens with two attached hydrogens (primary N) is 1. The van der Waals surface area contributed by atoms with Crippen molar-refractivity contribution in [2.75, 3.05) is 32.3 Å². The van der Waals surface area contributed by atoms with E-state index in [-0.39, 0.29) is 90.6 Å². The number of anilines is 1. The molecule has 7 rings (SSSR count). The molecule has 4 N–H and O–H groups in total. The summed E-state index contributed by atoms with van der Waals surface area (Å²) in [6.45, 7) is 8.29. The number of rotatable bonds is 8. The van der Waals surface area contributed by atoms with E-state index in [1.54, 1.807) is 17.8 Å². The average molecular weight is 863 g/mol. The quantitative estimate of drug-likeness (QED) is 0.254. The molecule has 258 valence electrons. The van der Waals surface area contributed by atoms with Gasteiger partial charge in [-0.25, -0.2) is 19.7 Å². The maximum Gasteiger partial charge on any atom is 0.351 e. The van der Waals surface area contributed by atoms with E-state index in [1.165, 1.54) is 36.5 Å². The van der Waals surface area contributed by atoms with E-state index in [9.17, 15) is 24.1 Å². The third-order valence-electron chi connectivity index (χ3n) is 8.91. The Bertz CT molecular complexity index is 1740. The van der Waals surface area contributed by atoms with Gasteiger partial charge in [-0.2, -0.15) is 4.98 Å². The first-order chi connectivity index (χ1) is 21.8. The van der Waals surface area contributed by atoms with Crippen LogP contribution in [0.3, 0.4) is 0 Å². The van der Waals surface area contributed by atoms with Crippen molar-refractivity contribution in [2.24, 2.45) is 0 Å². The van der Waals surface area contributed by atoms with Crippen LogP contribution in [0.1, 0.15) is 32.0 Å². The summed E-state index contributed by atoms with van der Waals surface area (Å²) in [6.07, 6.45) is -0.945. The van der Waals surface area contributed by atoms with E-state index >= 15 is 0 Å². The van der Waals surface area contributed by atoms with Gasteiger partial charge in [0, 0.05) is 84.9 Å². The monoisotopic (exact) mass is 863 g/mol. The average Bonchev–Trinajstić information content (AvgIpc) is 3.74. The molecule has 0 aromatic carbocycles. The summed E-state index contributed by atoms with van der Waals surface area (Å²) in [7, 11) is -4.33. The topological polar surface area (TPSA) is 234 Å². The molecule has 3 aromatic heterocycles. The van der Waals surface area contributed by atoms with Crippen molar-refractivity contribution in [3.63, 3.8) is 0 Å². The maximum atomic E-state index is 11.9. The van der Waals surface area contributed by atoms with Gasteiger partial charge in [-0.1, -0.05) is 0 Å². The van der Waals surface area contributed by atoms with Crippen LogP contribution in [-0.4, -0.2) is 114 Å². The molecule has 4 aliphatic rings. The van der Waals surface area contributed by atoms with E-state index < -0.39 is 75.9 Å². The maximum absolute atomic E-state index is 11.9. The molecule has 4 fully saturated rings. The van der Waals surface area contributed by atoms with Crippen LogP contribution in [0.15, 0.2) is 29.7 Å². The van der Waals surface area contributed by atoms with Gasteiger partial charge < -0.3 is 43.9 Å². The Morgan fingerprint density at radius 3 is 1.94 bits per heavy atom. The van der Waals surface area contributed by atoms with Crippen molar-refractivity contribution in [3.05, 3.63) is 41.1 Å². The van der Waals surface area contributed by atoms with Crippen LogP contribution in [0, 0.1) is 6.92 Å². The van der Waals surface area contributed by atoms with Crippen molar-refractivity contribution in [2.45, 2.75) is 81.1 Å². The third-order valence-corrected chi connectivity index (χ3v) is 10.0. The summed E-state index contributed by atoms with van der Waals surface area (Å²) < 4.78 is 59.6. The number of hydrogen-bond acceptors (Lipinski definition) is 16. The molecule has 4 bridgehead atoms. The number of nitrogens with zero attached hydrogens (tertiary/aromatic N) is 6. The predicted octanol–water partition coefficient (Wildman–Crippen LogP) is 0.0290. The second kappa shape index (κ2) is 15.7. The number of imidazole rings is 1. The number of ether oxygens (including phenoxy) is 4. The Hall–Kier alpha value is -0.422. The molecule has 12 atom stereocenters. The van der Waals surface area contributed by atoms with Crippen molar-refractivity contribution in [1.29, 1.82) is 0 Å². The summed E-state index contributed by atoms with van der Waals surface area (Å²) in [5, 5.41) is 21.1. The van der Waals surface area contributed by atoms with Crippen LogP contribution in [0.25, 0.3) is 11.2 Å². The summed E-state index contributed by atoms with van der Waals surface area (Å²) in [4.78, 5) is 28.3. The first kappa shape index (κ1) is 40.3. The fraction of sp³-hybridized carbons (Fsp3) is 0.654. The molecule has 22 heteroatoms. The molecule has 48 heavy (non-hydrogen) atoms. The van der Waals surface area contributed by atoms with Crippen LogP contribution in [0.2, 0.25) is 0 Å². The molecule has 4 saturated heterocycles. The molecule has 4 aliphatic heterocycles. The number of aliphatic hydroxyl groups excluding tert-OH is 2. The Morgan fingerprint density at radius 2 is 1.44 bits per heavy atom. The van der Waals surface area contributed by atoms with E-state index in [1.807, 2.05) is 13.8 Å². The van der Waals surface area contributed by atoms with Crippen LogP contribution in [0.5, 0.6) is 0 Å². The fourth-order valence-corrected chi connectivity index (χ4v) is 7.21. The van der Waals surface area contributed by atoms with Crippen LogP contribution < -0.4 is 11.4 Å². The Balaban J connectivity index is 0.000000209. The number of aliphatic hydroxyl groups is 2. The molecule has 0 aliphatic carbocycles. The van der Waals surface area contributed by atoms with E-state index in [0.29, 0.717) is 11.2 Å². The van der Waals surface area contributed by atoms with Crippen LogP contribution in [-0.2, 0) is 103 Å². The van der Waals surface area contributed by atoms with Gasteiger partial charge in [-0.3, -0.25) is 18.3 Å². The van der Waals surface area contributed by atoms with Gasteiger partial charge in [0.2, 0.25) is 0 Å². The second-order valence-electron chi connectivity index (χ2n) is 11.7. The number of nitrogen functional groups attached to an aromatic ring is 1. The first-order valence-corrected chi connectivity index (χ1v) is 18.2. The van der Waals surface area contributed by atoms with Gasteiger partial charge in [0.05, 0.1) is 37.4 Å². The Labute approximate surface area is 326 Å². The minimum absolute atomic E-state index is 0. The zero-order valence-corrected chi connectivity index (χ0v) is 34.5. The molecule has 18 nitrogen and oxygen atoms in total. The van der Waals surface area contributed by atoms with Crippen LogP contribution >= 0.6 is 16.1 Å². The van der Waals surface area contributed by atoms with Gasteiger partial charge >= 0.3 is 5.69 Å². The SMILES string of the molecule is CC1O[C@H]2[C@H](n3ccc(N)nc3=O)O[C@]1(CO[PH](C)=O)[C@H]2O.Cc1ncnc2c1ncn2[C@@H]1O[C@@]2(CO[PH](C)=O)C(C)O[C@@H]1[C@@H]2O.[Y].[Y]. The van der Waals surface area contributed by atoms with E-state index in [2.05, 4.69) is 19.9 Å². The van der Waals surface area contributed by atoms with E-state index in [4.69, 9.17) is 33.7 Å². The summed E-state index contributed by atoms with van der Waals surface area (Å²) in [5.74, 6) is 0.0990. The smallest absolute Gasteiger partial charge is 0.351 e. The zero-order valence-electron chi connectivity index (χ0n) is 26.8. The van der Waals surface area contributed by atoms with Crippen molar-refractivity contribution in [3.8, 4) is 0 Å². The van der Waals surface area contributed by atoms with Gasteiger partial charge in [0.25, 0.3) is 0 Å². The second-order valence-corrected chi connectivity index (χ2v) is 14.2. The molecule has 3 aromatic rings. The summed E-state index contributed by atoms with van der Waals surface area (Å²) in [5.41, 5.74) is 4.71. The van der Waals surface area contributed by atoms with Gasteiger partial charge in [-0.05, 0) is 26.8 Å². The van der Waals surface area contributed by atoms with Gasteiger partial charge in [-0.15, -0.1) is 0 Å². The molecule has 4 unspecified atom stereocenters. The molecular weight excluding hydrogens is 826 g/mol. The number of fused-ring (bicyclic) bond motifs is 5. The van der Waals surface area contributed by atoms with Gasteiger partial charge in [0.15, 0.2) is 34.2 Å². The normalized spacial score (nSPS) is 35.8. The molecule has 2 radical (unpaired) electrons. The molecule has 7 heterocycles. The zero-order chi connectivity index (χ0) is 33.1.